The zero-order valence-electron chi connectivity index (χ0n) is 8.32. The Morgan fingerprint density at radius 2 is 2.29 bits per heavy atom. The van der Waals surface area contributed by atoms with Crippen molar-refractivity contribution in [2.24, 2.45) is 0 Å². The van der Waals surface area contributed by atoms with Gasteiger partial charge in [0.2, 0.25) is 0 Å². The Morgan fingerprint density at radius 3 is 2.79 bits per heavy atom. The largest absolute Gasteiger partial charge is 0.495 e. The Balaban J connectivity index is 2.97. The predicted molar refractivity (Wildman–Crippen MR) is 53.1 cm³/mol. The van der Waals surface area contributed by atoms with E-state index in [1.54, 1.807) is 19.1 Å². The minimum Gasteiger partial charge on any atom is -0.495 e. The van der Waals surface area contributed by atoms with Crippen LogP contribution in [0.15, 0.2) is 18.2 Å². The lowest BCUT2D eigenvalue weighted by Gasteiger charge is -2.07. The lowest BCUT2D eigenvalue weighted by molar-refractivity contribution is 0.195. The Bertz CT molecular complexity index is 353. The van der Waals surface area contributed by atoms with Crippen molar-refractivity contribution in [3.05, 3.63) is 29.3 Å². The Morgan fingerprint density at radius 1 is 1.57 bits per heavy atom. The number of benzene rings is 1. The molecule has 3 heteroatoms. The molecule has 0 aliphatic carbocycles. The van der Waals surface area contributed by atoms with Crippen LogP contribution in [0.25, 0.3) is 0 Å². The van der Waals surface area contributed by atoms with E-state index < -0.39 is 0 Å². The van der Waals surface area contributed by atoms with Crippen LogP contribution in [0.5, 0.6) is 5.75 Å². The maximum atomic E-state index is 9.19. The van der Waals surface area contributed by atoms with Gasteiger partial charge < -0.3 is 9.84 Å². The van der Waals surface area contributed by atoms with Gasteiger partial charge in [0.25, 0.3) is 0 Å². The van der Waals surface area contributed by atoms with Crippen molar-refractivity contribution in [1.29, 1.82) is 5.26 Å². The predicted octanol–water partition coefficient (Wildman–Crippen LogP) is 1.49. The first-order valence-corrected chi connectivity index (χ1v) is 4.42. The molecule has 0 aliphatic heterocycles. The van der Waals surface area contributed by atoms with Crippen LogP contribution in [0.2, 0.25) is 0 Å². The van der Waals surface area contributed by atoms with Crippen molar-refractivity contribution in [1.82, 2.24) is 0 Å². The summed E-state index contributed by atoms with van der Waals surface area (Å²) in [6.07, 6.45) is 0.190. The standard InChI is InChI=1S/C11H13NO2/c1-8(13)5-9-3-4-10(7-12)11(6-9)14-2/h3-4,6,8,13H,5H2,1-2H3/t8-/m0/s1. The fourth-order valence-corrected chi connectivity index (χ4v) is 1.30. The molecule has 0 spiro atoms. The van der Waals surface area contributed by atoms with Crippen molar-refractivity contribution in [2.75, 3.05) is 7.11 Å². The first-order valence-electron chi connectivity index (χ1n) is 4.42. The second-order valence-electron chi connectivity index (χ2n) is 3.20. The van der Waals surface area contributed by atoms with Crippen LogP contribution >= 0.6 is 0 Å². The summed E-state index contributed by atoms with van der Waals surface area (Å²) in [5.74, 6) is 0.561. The molecule has 0 bridgehead atoms. The molecular formula is C11H13NO2. The molecule has 0 saturated carbocycles. The molecule has 3 nitrogen and oxygen atoms in total. The average molecular weight is 191 g/mol. The van der Waals surface area contributed by atoms with Crippen LogP contribution < -0.4 is 4.74 Å². The molecule has 0 amide bonds. The molecule has 0 heterocycles. The first-order chi connectivity index (χ1) is 6.67. The van der Waals surface area contributed by atoms with Crippen molar-refractivity contribution < 1.29 is 9.84 Å². The molecule has 0 radical (unpaired) electrons. The number of methoxy groups -OCH3 is 1. The fourth-order valence-electron chi connectivity index (χ4n) is 1.30. The molecule has 0 fully saturated rings. The maximum Gasteiger partial charge on any atom is 0.136 e. The highest BCUT2D eigenvalue weighted by atomic mass is 16.5. The second-order valence-corrected chi connectivity index (χ2v) is 3.20. The van der Waals surface area contributed by atoms with Crippen molar-refractivity contribution in [2.45, 2.75) is 19.4 Å². The summed E-state index contributed by atoms with van der Waals surface area (Å²) in [6, 6.07) is 7.35. The van der Waals surface area contributed by atoms with Crippen LogP contribution in [0.4, 0.5) is 0 Å². The molecule has 1 aromatic rings. The molecule has 0 aromatic heterocycles. The van der Waals surface area contributed by atoms with Crippen molar-refractivity contribution in [3.63, 3.8) is 0 Å². The zero-order valence-corrected chi connectivity index (χ0v) is 8.32. The lowest BCUT2D eigenvalue weighted by Crippen LogP contribution is -2.04. The van der Waals surface area contributed by atoms with E-state index in [4.69, 9.17) is 10.00 Å². The van der Waals surface area contributed by atoms with Crippen LogP contribution in [-0.2, 0) is 6.42 Å². The zero-order chi connectivity index (χ0) is 10.6. The van der Waals surface area contributed by atoms with Crippen LogP contribution in [0.1, 0.15) is 18.1 Å². The van der Waals surface area contributed by atoms with Gasteiger partial charge in [0, 0.05) is 0 Å². The summed E-state index contributed by atoms with van der Waals surface area (Å²) in [5.41, 5.74) is 1.48. The van der Waals surface area contributed by atoms with E-state index in [1.165, 1.54) is 7.11 Å². The van der Waals surface area contributed by atoms with Gasteiger partial charge in [0.05, 0.1) is 18.8 Å². The number of hydrogen-bond donors (Lipinski definition) is 1. The van der Waals surface area contributed by atoms with Gasteiger partial charge in [-0.05, 0) is 31.0 Å². The van der Waals surface area contributed by atoms with Gasteiger partial charge in [-0.1, -0.05) is 6.07 Å². The van der Waals surface area contributed by atoms with E-state index in [2.05, 4.69) is 0 Å². The summed E-state index contributed by atoms with van der Waals surface area (Å²) >= 11 is 0. The highest BCUT2D eigenvalue weighted by Crippen LogP contribution is 2.19. The van der Waals surface area contributed by atoms with E-state index in [9.17, 15) is 5.11 Å². The number of ether oxygens (including phenoxy) is 1. The highest BCUT2D eigenvalue weighted by molar-refractivity contribution is 5.45. The molecule has 14 heavy (non-hydrogen) atoms. The maximum absolute atomic E-state index is 9.19. The fraction of sp³-hybridized carbons (Fsp3) is 0.364. The monoisotopic (exact) mass is 191 g/mol. The second kappa shape index (κ2) is 4.64. The molecular weight excluding hydrogens is 178 g/mol. The third-order valence-electron chi connectivity index (χ3n) is 1.92. The Hall–Kier alpha value is -1.53. The molecule has 1 atom stereocenters. The summed E-state index contributed by atoms with van der Waals surface area (Å²) < 4.78 is 5.05. The van der Waals surface area contributed by atoms with Gasteiger partial charge in [0.1, 0.15) is 11.8 Å². The molecule has 0 saturated heterocycles. The van der Waals surface area contributed by atoms with E-state index in [1.807, 2.05) is 12.1 Å². The van der Waals surface area contributed by atoms with Gasteiger partial charge in [-0.2, -0.15) is 5.26 Å². The summed E-state index contributed by atoms with van der Waals surface area (Å²) in [6.45, 7) is 1.73. The molecule has 1 N–H and O–H groups in total. The van der Waals surface area contributed by atoms with E-state index >= 15 is 0 Å². The van der Waals surface area contributed by atoms with Crippen molar-refractivity contribution >= 4 is 0 Å². The quantitative estimate of drug-likeness (QED) is 0.787. The molecule has 1 aromatic carbocycles. The number of aliphatic hydroxyl groups excluding tert-OH is 1. The smallest absolute Gasteiger partial charge is 0.136 e. The number of rotatable bonds is 3. The van der Waals surface area contributed by atoms with E-state index in [0.717, 1.165) is 5.56 Å². The summed E-state index contributed by atoms with van der Waals surface area (Å²) in [5, 5.41) is 17.9. The van der Waals surface area contributed by atoms with Crippen LogP contribution in [-0.4, -0.2) is 18.3 Å². The van der Waals surface area contributed by atoms with Crippen molar-refractivity contribution in [3.8, 4) is 11.8 Å². The Labute approximate surface area is 83.6 Å². The van der Waals surface area contributed by atoms with Crippen LogP contribution in [0, 0.1) is 11.3 Å². The average Bonchev–Trinajstić information content (AvgIpc) is 2.16. The normalized spacial score (nSPS) is 11.9. The molecule has 0 aliphatic rings. The first kappa shape index (κ1) is 10.6. The van der Waals surface area contributed by atoms with E-state index in [-0.39, 0.29) is 6.10 Å². The minimum atomic E-state index is -0.382. The Kier molecular flexibility index (Phi) is 3.49. The minimum absolute atomic E-state index is 0.382. The SMILES string of the molecule is COc1cc(C[C@H](C)O)ccc1C#N. The highest BCUT2D eigenvalue weighted by Gasteiger charge is 2.05. The summed E-state index contributed by atoms with van der Waals surface area (Å²) in [7, 11) is 1.53. The van der Waals surface area contributed by atoms with Gasteiger partial charge in [-0.25, -0.2) is 0 Å². The molecule has 74 valence electrons. The van der Waals surface area contributed by atoms with Gasteiger partial charge in [-0.15, -0.1) is 0 Å². The number of hydrogen-bond acceptors (Lipinski definition) is 3. The van der Waals surface area contributed by atoms with Gasteiger partial charge in [0.15, 0.2) is 0 Å². The third kappa shape index (κ3) is 2.48. The number of nitrogens with zero attached hydrogens (tertiary/aromatic N) is 1. The topological polar surface area (TPSA) is 53.2 Å². The third-order valence-corrected chi connectivity index (χ3v) is 1.92. The van der Waals surface area contributed by atoms with Gasteiger partial charge in [-0.3, -0.25) is 0 Å². The van der Waals surface area contributed by atoms with Crippen LogP contribution in [0.3, 0.4) is 0 Å². The molecule has 1 rings (SSSR count). The molecule has 0 unspecified atom stereocenters. The number of aliphatic hydroxyl groups is 1. The summed E-state index contributed by atoms with van der Waals surface area (Å²) in [4.78, 5) is 0. The lowest BCUT2D eigenvalue weighted by atomic mass is 10.1. The number of nitriles is 1. The van der Waals surface area contributed by atoms with E-state index in [0.29, 0.717) is 17.7 Å². The van der Waals surface area contributed by atoms with Gasteiger partial charge >= 0.3 is 0 Å².